The van der Waals surface area contributed by atoms with Gasteiger partial charge in [-0.1, -0.05) is 12.7 Å². The molecule has 4 rings (SSSR count). The van der Waals surface area contributed by atoms with Gasteiger partial charge < -0.3 is 9.64 Å². The van der Waals surface area contributed by atoms with E-state index in [2.05, 4.69) is 16.7 Å². The number of esters is 1. The van der Waals surface area contributed by atoms with Crippen LogP contribution in [0.1, 0.15) is 30.3 Å². The van der Waals surface area contributed by atoms with Crippen molar-refractivity contribution in [1.29, 1.82) is 0 Å². The zero-order valence-corrected chi connectivity index (χ0v) is 15.0. The Morgan fingerprint density at radius 3 is 2.93 bits per heavy atom. The minimum Gasteiger partial charge on any atom is -0.460 e. The maximum absolute atomic E-state index is 13.0. The van der Waals surface area contributed by atoms with Crippen LogP contribution in [0.2, 0.25) is 0 Å². The minimum atomic E-state index is -0.566. The molecule has 0 spiro atoms. The quantitative estimate of drug-likeness (QED) is 0.434. The number of Topliss-reactive ketones (excluding diaryl/α,β-unsaturated/α-hetero) is 1. The van der Waals surface area contributed by atoms with Crippen molar-refractivity contribution in [3.8, 4) is 0 Å². The first-order valence-electron chi connectivity index (χ1n) is 8.92. The third kappa shape index (κ3) is 3.01. The fourth-order valence-electron chi connectivity index (χ4n) is 3.85. The molecule has 0 N–H and O–H groups in total. The maximum Gasteiger partial charge on any atom is 0.329 e. The summed E-state index contributed by atoms with van der Waals surface area (Å²) in [5, 5.41) is 4.90. The van der Waals surface area contributed by atoms with Crippen molar-refractivity contribution in [3.05, 3.63) is 36.7 Å². The molecule has 27 heavy (non-hydrogen) atoms. The predicted molar refractivity (Wildman–Crippen MR) is 95.8 cm³/mol. The molecule has 2 fully saturated rings. The minimum absolute atomic E-state index is 0.0742. The van der Waals surface area contributed by atoms with Crippen molar-refractivity contribution >= 4 is 28.7 Å². The maximum atomic E-state index is 13.0. The van der Waals surface area contributed by atoms with E-state index in [4.69, 9.17) is 4.74 Å². The molecule has 1 aliphatic heterocycles. The van der Waals surface area contributed by atoms with Crippen molar-refractivity contribution in [2.75, 3.05) is 6.61 Å². The van der Waals surface area contributed by atoms with Crippen molar-refractivity contribution in [3.63, 3.8) is 0 Å². The zero-order valence-electron chi connectivity index (χ0n) is 15.0. The Balaban J connectivity index is 1.58. The highest BCUT2D eigenvalue weighted by molar-refractivity contribution is 6.04. The SMILES string of the molecule is C=CCOC(=O)[C@@H]1C[C@H]2C[C@H]2N1C(=O)Cn1nc(C(C)=O)c2cccnc21. The first-order valence-corrected chi connectivity index (χ1v) is 8.92. The summed E-state index contributed by atoms with van der Waals surface area (Å²) >= 11 is 0. The van der Waals surface area contributed by atoms with Gasteiger partial charge in [-0.15, -0.1) is 0 Å². The van der Waals surface area contributed by atoms with E-state index in [1.54, 1.807) is 23.2 Å². The zero-order chi connectivity index (χ0) is 19.1. The van der Waals surface area contributed by atoms with Crippen molar-refractivity contribution < 1.29 is 19.1 Å². The number of hydrogen-bond acceptors (Lipinski definition) is 6. The third-order valence-corrected chi connectivity index (χ3v) is 5.13. The number of ketones is 1. The van der Waals surface area contributed by atoms with E-state index >= 15 is 0 Å². The lowest BCUT2D eigenvalue weighted by molar-refractivity contribution is -0.153. The van der Waals surface area contributed by atoms with Crippen LogP contribution >= 0.6 is 0 Å². The summed E-state index contributed by atoms with van der Waals surface area (Å²) in [6.45, 7) is 5.02. The van der Waals surface area contributed by atoms with Crippen LogP contribution in [0.3, 0.4) is 0 Å². The highest BCUT2D eigenvalue weighted by Gasteiger charge is 2.56. The number of amides is 1. The molecule has 1 amide bonds. The van der Waals surface area contributed by atoms with Gasteiger partial charge in [0.2, 0.25) is 5.91 Å². The van der Waals surface area contributed by atoms with Gasteiger partial charge >= 0.3 is 5.97 Å². The number of likely N-dealkylation sites (tertiary alicyclic amines) is 1. The molecule has 8 heteroatoms. The lowest BCUT2D eigenvalue weighted by Crippen LogP contribution is -2.45. The second-order valence-corrected chi connectivity index (χ2v) is 6.97. The van der Waals surface area contributed by atoms with Gasteiger partial charge in [-0.25, -0.2) is 14.5 Å². The molecule has 2 aromatic heterocycles. The second kappa shape index (κ2) is 6.61. The number of carbonyl (C=O) groups is 3. The van der Waals surface area contributed by atoms with Crippen molar-refractivity contribution in [2.45, 2.75) is 38.4 Å². The Hall–Kier alpha value is -3.03. The monoisotopic (exact) mass is 368 g/mol. The molecule has 0 unspecified atom stereocenters. The van der Waals surface area contributed by atoms with Crippen LogP contribution in [0.15, 0.2) is 31.0 Å². The van der Waals surface area contributed by atoms with Gasteiger partial charge in [-0.2, -0.15) is 5.10 Å². The Morgan fingerprint density at radius 1 is 1.37 bits per heavy atom. The van der Waals surface area contributed by atoms with Crippen LogP contribution < -0.4 is 0 Å². The molecular weight excluding hydrogens is 348 g/mol. The van der Waals surface area contributed by atoms with Gasteiger partial charge in [0.05, 0.1) is 5.39 Å². The molecule has 0 bridgehead atoms. The highest BCUT2D eigenvalue weighted by atomic mass is 16.5. The lowest BCUT2D eigenvalue weighted by atomic mass is 10.1. The summed E-state index contributed by atoms with van der Waals surface area (Å²) < 4.78 is 6.59. The molecule has 2 aliphatic rings. The smallest absolute Gasteiger partial charge is 0.329 e. The summed E-state index contributed by atoms with van der Waals surface area (Å²) in [5.41, 5.74) is 0.770. The van der Waals surface area contributed by atoms with Gasteiger partial charge in [-0.05, 0) is 30.9 Å². The van der Waals surface area contributed by atoms with Crippen LogP contribution in [-0.2, 0) is 20.9 Å². The normalized spacial score (nSPS) is 23.1. The Labute approximate surface area is 155 Å². The second-order valence-electron chi connectivity index (χ2n) is 6.97. The molecular formula is C19H20N4O4. The lowest BCUT2D eigenvalue weighted by Gasteiger charge is -2.26. The number of piperidine rings is 1. The molecule has 2 aromatic rings. The van der Waals surface area contributed by atoms with E-state index < -0.39 is 12.0 Å². The third-order valence-electron chi connectivity index (χ3n) is 5.13. The van der Waals surface area contributed by atoms with Crippen LogP contribution in [0, 0.1) is 5.92 Å². The van der Waals surface area contributed by atoms with E-state index in [1.165, 1.54) is 17.7 Å². The van der Waals surface area contributed by atoms with E-state index in [0.29, 0.717) is 29.1 Å². The Bertz CT molecular complexity index is 950. The Morgan fingerprint density at radius 2 is 2.19 bits per heavy atom. The average molecular weight is 368 g/mol. The number of aromatic nitrogens is 3. The largest absolute Gasteiger partial charge is 0.460 e. The summed E-state index contributed by atoms with van der Waals surface area (Å²) in [4.78, 5) is 43.0. The molecule has 0 aromatic carbocycles. The first-order chi connectivity index (χ1) is 13.0. The number of hydrogen-bond donors (Lipinski definition) is 0. The van der Waals surface area contributed by atoms with Crippen LogP contribution in [0.4, 0.5) is 0 Å². The van der Waals surface area contributed by atoms with Crippen LogP contribution in [0.5, 0.6) is 0 Å². The molecule has 140 valence electrons. The topological polar surface area (TPSA) is 94.4 Å². The van der Waals surface area contributed by atoms with Crippen LogP contribution in [0.25, 0.3) is 11.0 Å². The molecule has 8 nitrogen and oxygen atoms in total. The van der Waals surface area contributed by atoms with E-state index in [9.17, 15) is 14.4 Å². The molecule has 0 radical (unpaired) electrons. The number of fused-ring (bicyclic) bond motifs is 2. The van der Waals surface area contributed by atoms with Gasteiger partial charge in [-0.3, -0.25) is 9.59 Å². The molecule has 1 saturated carbocycles. The van der Waals surface area contributed by atoms with E-state index in [0.717, 1.165) is 6.42 Å². The van der Waals surface area contributed by atoms with Gasteiger partial charge in [0, 0.05) is 19.2 Å². The van der Waals surface area contributed by atoms with Crippen LogP contribution in [-0.4, -0.2) is 56.0 Å². The summed E-state index contributed by atoms with van der Waals surface area (Å²) in [7, 11) is 0. The number of pyridine rings is 1. The average Bonchev–Trinajstić information content (AvgIpc) is 3.16. The standard InChI is InChI=1S/C19H20N4O4/c1-3-7-27-19(26)15-9-12-8-14(12)23(15)16(25)10-22-18-13(5-4-6-20-18)17(21-22)11(2)24/h3-6,12,14-15H,1,7-10H2,2H3/t12-,14-,15+/m1/s1. The van der Waals surface area contributed by atoms with Crippen molar-refractivity contribution in [2.24, 2.45) is 5.92 Å². The first kappa shape index (κ1) is 17.4. The fourth-order valence-corrected chi connectivity index (χ4v) is 3.85. The summed E-state index contributed by atoms with van der Waals surface area (Å²) in [6, 6.07) is 3.00. The number of carbonyl (C=O) groups excluding carboxylic acids is 3. The number of ether oxygens (including phenoxy) is 1. The molecule has 1 saturated heterocycles. The fraction of sp³-hybridized carbons (Fsp3) is 0.421. The summed E-state index contributed by atoms with van der Waals surface area (Å²) in [6.07, 6.45) is 4.64. The van der Waals surface area contributed by atoms with E-state index in [-0.39, 0.29) is 30.9 Å². The highest BCUT2D eigenvalue weighted by Crippen LogP contribution is 2.48. The molecule has 3 heterocycles. The predicted octanol–water partition coefficient (Wildman–Crippen LogP) is 1.35. The molecule has 1 aliphatic carbocycles. The van der Waals surface area contributed by atoms with Gasteiger partial charge in [0.1, 0.15) is 24.9 Å². The summed E-state index contributed by atoms with van der Waals surface area (Å²) in [5.74, 6) is -0.446. The number of nitrogens with zero attached hydrogens (tertiary/aromatic N) is 4. The Kier molecular flexibility index (Phi) is 4.25. The number of rotatable bonds is 6. The van der Waals surface area contributed by atoms with Gasteiger partial charge in [0.15, 0.2) is 11.4 Å². The van der Waals surface area contributed by atoms with Crippen molar-refractivity contribution in [1.82, 2.24) is 19.7 Å². The van der Waals surface area contributed by atoms with E-state index in [1.807, 2.05) is 0 Å². The van der Waals surface area contributed by atoms with Gasteiger partial charge in [0.25, 0.3) is 0 Å². The molecule has 3 atom stereocenters.